The molecular weight excluding hydrogens is 432 g/mol. The van der Waals surface area contributed by atoms with Gasteiger partial charge in [0.05, 0.1) is 0 Å². The van der Waals surface area contributed by atoms with Crippen LogP contribution in [-0.2, 0) is 0 Å². The van der Waals surface area contributed by atoms with Crippen LogP contribution in [0.5, 0.6) is 0 Å². The van der Waals surface area contributed by atoms with Gasteiger partial charge in [0.15, 0.2) is 0 Å². The van der Waals surface area contributed by atoms with Crippen molar-refractivity contribution in [1.29, 1.82) is 0 Å². The summed E-state index contributed by atoms with van der Waals surface area (Å²) in [7, 11) is 0. The van der Waals surface area contributed by atoms with Gasteiger partial charge in [-0.2, -0.15) is 0 Å². The average Bonchev–Trinajstić information content (AvgIpc) is 2.93. The predicted octanol–water partition coefficient (Wildman–Crippen LogP) is 9.42. The lowest BCUT2D eigenvalue weighted by atomic mass is 9.46. The molecule has 6 aromatic rings. The van der Waals surface area contributed by atoms with E-state index >= 15 is 0 Å². The van der Waals surface area contributed by atoms with E-state index in [2.05, 4.69) is 133 Å². The molecule has 4 atom stereocenters. The van der Waals surface area contributed by atoms with Gasteiger partial charge in [-0.1, -0.05) is 133 Å². The van der Waals surface area contributed by atoms with Crippen LogP contribution in [0.25, 0.3) is 32.7 Å². The van der Waals surface area contributed by atoms with E-state index in [1.54, 1.807) is 0 Å². The third kappa shape index (κ3) is 2.82. The van der Waals surface area contributed by atoms with Crippen LogP contribution in [0.2, 0.25) is 0 Å². The molecule has 0 unspecified atom stereocenters. The molecule has 0 heteroatoms. The monoisotopic (exact) mass is 458 g/mol. The van der Waals surface area contributed by atoms with Crippen molar-refractivity contribution < 1.29 is 0 Å². The number of benzene rings is 6. The minimum Gasteiger partial charge on any atom is -0.0619 e. The first-order valence-corrected chi connectivity index (χ1v) is 13.0. The highest BCUT2D eigenvalue weighted by atomic mass is 14.6. The first kappa shape index (κ1) is 20.1. The van der Waals surface area contributed by atoms with Crippen LogP contribution in [0.3, 0.4) is 0 Å². The molecule has 2 aliphatic rings. The van der Waals surface area contributed by atoms with Crippen LogP contribution in [0, 0.1) is 0 Å². The van der Waals surface area contributed by atoms with Gasteiger partial charge in [0.1, 0.15) is 0 Å². The van der Waals surface area contributed by atoms with Crippen LogP contribution in [0.1, 0.15) is 45.9 Å². The highest BCUT2D eigenvalue weighted by Crippen LogP contribution is 2.70. The van der Waals surface area contributed by atoms with Crippen LogP contribution < -0.4 is 0 Å². The summed E-state index contributed by atoms with van der Waals surface area (Å²) in [5, 5.41) is 5.29. The first-order chi connectivity index (χ1) is 17.9. The molecular formula is C36H26. The molecule has 170 valence electrons. The molecule has 0 radical (unpaired) electrons. The lowest BCUT2D eigenvalue weighted by Gasteiger charge is -2.56. The second-order valence-electron chi connectivity index (χ2n) is 10.5. The van der Waals surface area contributed by atoms with Crippen molar-refractivity contribution in [2.24, 2.45) is 0 Å². The lowest BCUT2D eigenvalue weighted by Crippen LogP contribution is -2.42. The van der Waals surface area contributed by atoms with E-state index in [1.807, 2.05) is 0 Å². The standard InChI is InChI=1S/C36H26/c1-3-11-25-21-27(19-17-23(25)9-1)33-34(28-20-18-24-10-2-4-12-26(24)22-28)36-32-16-8-6-14-30(32)29-13-5-7-15-31(29)35(33)36/h1-22,33-36H/t33-,34-,35+,36+/m0/s1. The molecule has 0 nitrogen and oxygen atoms in total. The minimum absolute atomic E-state index is 0.440. The second-order valence-corrected chi connectivity index (χ2v) is 10.5. The third-order valence-electron chi connectivity index (χ3n) is 8.79. The molecule has 0 spiro atoms. The van der Waals surface area contributed by atoms with E-state index in [4.69, 9.17) is 0 Å². The van der Waals surface area contributed by atoms with Gasteiger partial charge in [0, 0.05) is 0 Å². The van der Waals surface area contributed by atoms with E-state index in [1.165, 1.54) is 54.9 Å². The summed E-state index contributed by atoms with van der Waals surface area (Å²) in [6.07, 6.45) is 0. The molecule has 0 bridgehead atoms. The number of rotatable bonds is 2. The third-order valence-corrected chi connectivity index (χ3v) is 8.79. The van der Waals surface area contributed by atoms with E-state index in [-0.39, 0.29) is 0 Å². The predicted molar refractivity (Wildman–Crippen MR) is 151 cm³/mol. The zero-order valence-electron chi connectivity index (χ0n) is 20.0. The zero-order valence-corrected chi connectivity index (χ0v) is 20.0. The van der Waals surface area contributed by atoms with Crippen LogP contribution in [-0.4, -0.2) is 0 Å². The summed E-state index contributed by atoms with van der Waals surface area (Å²) in [5.41, 5.74) is 8.77. The maximum atomic E-state index is 2.45. The van der Waals surface area contributed by atoms with Crippen LogP contribution in [0.15, 0.2) is 133 Å². The molecule has 0 aliphatic heterocycles. The van der Waals surface area contributed by atoms with Gasteiger partial charge < -0.3 is 0 Å². The molecule has 2 aliphatic carbocycles. The molecule has 1 saturated carbocycles. The summed E-state index contributed by atoms with van der Waals surface area (Å²) < 4.78 is 0. The lowest BCUT2D eigenvalue weighted by molar-refractivity contribution is 0.227. The Bertz CT molecular complexity index is 1640. The number of fused-ring (bicyclic) bond motifs is 8. The Labute approximate surface area is 211 Å². The summed E-state index contributed by atoms with van der Waals surface area (Å²) in [6, 6.07) is 50.1. The summed E-state index contributed by atoms with van der Waals surface area (Å²) in [5.74, 6) is 1.84. The second kappa shape index (κ2) is 7.67. The Morgan fingerprint density at radius 1 is 0.306 bits per heavy atom. The Hall–Kier alpha value is -4.16. The van der Waals surface area contributed by atoms with Gasteiger partial charge in [-0.05, 0) is 78.6 Å². The van der Waals surface area contributed by atoms with Crippen molar-refractivity contribution in [3.63, 3.8) is 0 Å². The Morgan fingerprint density at radius 2 is 0.694 bits per heavy atom. The Kier molecular flexibility index (Phi) is 4.28. The average molecular weight is 459 g/mol. The largest absolute Gasteiger partial charge is 0.0619 e. The highest BCUT2D eigenvalue weighted by molar-refractivity contribution is 5.85. The maximum absolute atomic E-state index is 2.45. The molecule has 0 saturated heterocycles. The SMILES string of the molecule is c1ccc2c(c1)-c1ccccc1[C@@H]1[C@@H](c3ccc4ccccc4c3)[C@H](c3ccc4ccccc4c3)[C@@H]21. The van der Waals surface area contributed by atoms with E-state index in [9.17, 15) is 0 Å². The van der Waals surface area contributed by atoms with Crippen molar-refractivity contribution >= 4 is 21.5 Å². The fourth-order valence-electron chi connectivity index (χ4n) is 7.25. The van der Waals surface area contributed by atoms with Gasteiger partial charge in [-0.3, -0.25) is 0 Å². The molecule has 1 fully saturated rings. The van der Waals surface area contributed by atoms with Crippen LogP contribution in [0.4, 0.5) is 0 Å². The smallest absolute Gasteiger partial charge is 0.000567 e. The molecule has 0 amide bonds. The Balaban J connectivity index is 1.37. The van der Waals surface area contributed by atoms with Crippen molar-refractivity contribution in [2.45, 2.75) is 23.7 Å². The van der Waals surface area contributed by atoms with E-state index in [0.717, 1.165) is 0 Å². The first-order valence-electron chi connectivity index (χ1n) is 13.0. The molecule has 8 rings (SSSR count). The molecule has 0 heterocycles. The quantitative estimate of drug-likeness (QED) is 0.242. The number of hydrogen-bond donors (Lipinski definition) is 0. The highest BCUT2D eigenvalue weighted by Gasteiger charge is 2.55. The minimum atomic E-state index is 0.440. The van der Waals surface area contributed by atoms with E-state index in [0.29, 0.717) is 23.7 Å². The fraction of sp³-hybridized carbons (Fsp3) is 0.111. The Morgan fingerprint density at radius 3 is 1.17 bits per heavy atom. The van der Waals surface area contributed by atoms with Crippen molar-refractivity contribution in [3.8, 4) is 11.1 Å². The zero-order chi connectivity index (χ0) is 23.6. The van der Waals surface area contributed by atoms with Gasteiger partial charge in [0.2, 0.25) is 0 Å². The van der Waals surface area contributed by atoms with Crippen molar-refractivity contribution in [2.75, 3.05) is 0 Å². The van der Waals surface area contributed by atoms with Gasteiger partial charge in [-0.15, -0.1) is 0 Å². The maximum Gasteiger partial charge on any atom is -0.000567 e. The molecule has 36 heavy (non-hydrogen) atoms. The van der Waals surface area contributed by atoms with E-state index < -0.39 is 0 Å². The summed E-state index contributed by atoms with van der Waals surface area (Å²) in [6.45, 7) is 0. The summed E-state index contributed by atoms with van der Waals surface area (Å²) in [4.78, 5) is 0. The van der Waals surface area contributed by atoms with Crippen LogP contribution >= 0.6 is 0 Å². The molecule has 0 N–H and O–H groups in total. The van der Waals surface area contributed by atoms with Gasteiger partial charge in [-0.25, -0.2) is 0 Å². The fourth-order valence-corrected chi connectivity index (χ4v) is 7.25. The number of hydrogen-bond acceptors (Lipinski definition) is 0. The summed E-state index contributed by atoms with van der Waals surface area (Å²) >= 11 is 0. The van der Waals surface area contributed by atoms with Gasteiger partial charge >= 0.3 is 0 Å². The normalized spacial score (nSPS) is 21.9. The molecule has 0 aromatic heterocycles. The van der Waals surface area contributed by atoms with Crippen molar-refractivity contribution in [3.05, 3.63) is 156 Å². The topological polar surface area (TPSA) is 0 Å². The molecule has 6 aromatic carbocycles. The van der Waals surface area contributed by atoms with Gasteiger partial charge in [0.25, 0.3) is 0 Å². The van der Waals surface area contributed by atoms with Crippen molar-refractivity contribution in [1.82, 2.24) is 0 Å².